The van der Waals surface area contributed by atoms with E-state index in [1.807, 2.05) is 0 Å². The fourth-order valence-corrected chi connectivity index (χ4v) is 0.603. The molecular weight excluding hydrogens is 217 g/mol. The molecule has 0 radical (unpaired) electrons. The standard InChI is InChI=1S/C8H13F3O4/c1-6(13-2)7(12)15-4-3-14-5-8(9,10)11/h6H,3-5H2,1-2H3. The van der Waals surface area contributed by atoms with Crippen LogP contribution in [0.15, 0.2) is 0 Å². The van der Waals surface area contributed by atoms with Gasteiger partial charge in [0.2, 0.25) is 0 Å². The lowest BCUT2D eigenvalue weighted by atomic mass is 10.4. The second-order valence-electron chi connectivity index (χ2n) is 2.71. The number of rotatable bonds is 6. The molecule has 15 heavy (non-hydrogen) atoms. The van der Waals surface area contributed by atoms with Crippen LogP contribution in [0.1, 0.15) is 6.92 Å². The van der Waals surface area contributed by atoms with E-state index in [0.29, 0.717) is 0 Å². The highest BCUT2D eigenvalue weighted by molar-refractivity contribution is 5.74. The Kier molecular flexibility index (Phi) is 6.26. The SMILES string of the molecule is COC(C)C(=O)OCCOCC(F)(F)F. The third-order valence-corrected chi connectivity index (χ3v) is 1.42. The van der Waals surface area contributed by atoms with Gasteiger partial charge in [0.1, 0.15) is 13.2 Å². The van der Waals surface area contributed by atoms with Gasteiger partial charge in [-0.25, -0.2) is 4.79 Å². The summed E-state index contributed by atoms with van der Waals surface area (Å²) in [7, 11) is 1.33. The summed E-state index contributed by atoms with van der Waals surface area (Å²) < 4.78 is 48.1. The van der Waals surface area contributed by atoms with Gasteiger partial charge in [0, 0.05) is 7.11 Å². The van der Waals surface area contributed by atoms with Crippen LogP contribution in [0.5, 0.6) is 0 Å². The van der Waals surface area contributed by atoms with Crippen LogP contribution >= 0.6 is 0 Å². The molecule has 0 aromatic carbocycles. The van der Waals surface area contributed by atoms with Gasteiger partial charge < -0.3 is 14.2 Å². The minimum Gasteiger partial charge on any atom is -0.461 e. The molecule has 0 aromatic rings. The predicted octanol–water partition coefficient (Wildman–Crippen LogP) is 1.14. The Labute approximate surface area is 85.3 Å². The van der Waals surface area contributed by atoms with Crippen LogP contribution < -0.4 is 0 Å². The lowest BCUT2D eigenvalue weighted by molar-refractivity contribution is -0.178. The minimum atomic E-state index is -4.36. The van der Waals surface area contributed by atoms with Crippen molar-refractivity contribution in [1.29, 1.82) is 0 Å². The van der Waals surface area contributed by atoms with Crippen molar-refractivity contribution in [2.24, 2.45) is 0 Å². The minimum absolute atomic E-state index is 0.220. The Morgan fingerprint density at radius 2 is 1.93 bits per heavy atom. The number of hydrogen-bond donors (Lipinski definition) is 0. The van der Waals surface area contributed by atoms with E-state index < -0.39 is 24.9 Å². The van der Waals surface area contributed by atoms with Crippen LogP contribution in [0.4, 0.5) is 13.2 Å². The van der Waals surface area contributed by atoms with Crippen LogP contribution in [-0.4, -0.2) is 45.2 Å². The molecule has 0 aliphatic carbocycles. The smallest absolute Gasteiger partial charge is 0.411 e. The fraction of sp³-hybridized carbons (Fsp3) is 0.875. The van der Waals surface area contributed by atoms with E-state index in [1.165, 1.54) is 14.0 Å². The molecule has 0 rings (SSSR count). The molecule has 0 amide bonds. The molecule has 0 spiro atoms. The number of alkyl halides is 3. The number of methoxy groups -OCH3 is 1. The maximum Gasteiger partial charge on any atom is 0.411 e. The van der Waals surface area contributed by atoms with Gasteiger partial charge in [0.25, 0.3) is 0 Å². The molecule has 1 unspecified atom stereocenters. The van der Waals surface area contributed by atoms with Crippen molar-refractivity contribution in [3.05, 3.63) is 0 Å². The molecule has 7 heteroatoms. The molecule has 0 heterocycles. The van der Waals surface area contributed by atoms with Gasteiger partial charge in [-0.1, -0.05) is 0 Å². The molecule has 90 valence electrons. The van der Waals surface area contributed by atoms with E-state index in [0.717, 1.165) is 0 Å². The van der Waals surface area contributed by atoms with Gasteiger partial charge in [-0.2, -0.15) is 13.2 Å². The first-order valence-corrected chi connectivity index (χ1v) is 4.20. The summed E-state index contributed by atoms with van der Waals surface area (Å²) in [6.45, 7) is -0.381. The van der Waals surface area contributed by atoms with Crippen LogP contribution in [0.3, 0.4) is 0 Å². The molecule has 0 saturated heterocycles. The van der Waals surface area contributed by atoms with Crippen molar-refractivity contribution in [3.8, 4) is 0 Å². The van der Waals surface area contributed by atoms with Crippen molar-refractivity contribution in [2.75, 3.05) is 26.9 Å². The molecule has 0 fully saturated rings. The van der Waals surface area contributed by atoms with E-state index >= 15 is 0 Å². The van der Waals surface area contributed by atoms with Crippen LogP contribution in [0, 0.1) is 0 Å². The maximum absolute atomic E-state index is 11.6. The Morgan fingerprint density at radius 1 is 1.33 bits per heavy atom. The van der Waals surface area contributed by atoms with E-state index in [1.54, 1.807) is 0 Å². The summed E-state index contributed by atoms with van der Waals surface area (Å²) in [6.07, 6.45) is -5.09. The largest absolute Gasteiger partial charge is 0.461 e. The summed E-state index contributed by atoms with van der Waals surface area (Å²) in [4.78, 5) is 10.9. The average molecular weight is 230 g/mol. The Bertz CT molecular complexity index is 193. The van der Waals surface area contributed by atoms with E-state index in [4.69, 9.17) is 0 Å². The topological polar surface area (TPSA) is 44.8 Å². The summed E-state index contributed by atoms with van der Waals surface area (Å²) in [5.41, 5.74) is 0. The number of esters is 1. The van der Waals surface area contributed by atoms with Crippen molar-refractivity contribution >= 4 is 5.97 Å². The molecule has 0 N–H and O–H groups in total. The first-order chi connectivity index (χ1) is 6.87. The highest BCUT2D eigenvalue weighted by atomic mass is 19.4. The third kappa shape index (κ3) is 8.19. The van der Waals surface area contributed by atoms with Gasteiger partial charge in [0.05, 0.1) is 6.61 Å². The molecule has 0 aliphatic rings. The Hall–Kier alpha value is -0.820. The number of hydrogen-bond acceptors (Lipinski definition) is 4. The highest BCUT2D eigenvalue weighted by Gasteiger charge is 2.27. The van der Waals surface area contributed by atoms with E-state index in [-0.39, 0.29) is 13.2 Å². The second kappa shape index (κ2) is 6.62. The quantitative estimate of drug-likeness (QED) is 0.507. The van der Waals surface area contributed by atoms with Crippen molar-refractivity contribution in [3.63, 3.8) is 0 Å². The molecule has 1 atom stereocenters. The van der Waals surface area contributed by atoms with Crippen molar-refractivity contribution in [1.82, 2.24) is 0 Å². The van der Waals surface area contributed by atoms with Gasteiger partial charge in [-0.15, -0.1) is 0 Å². The summed E-state index contributed by atoms with van der Waals surface area (Å²) in [5.74, 6) is -0.631. The van der Waals surface area contributed by atoms with Crippen LogP contribution in [0.2, 0.25) is 0 Å². The first-order valence-electron chi connectivity index (χ1n) is 4.20. The number of carbonyl (C=O) groups is 1. The number of ether oxygens (including phenoxy) is 3. The third-order valence-electron chi connectivity index (χ3n) is 1.42. The van der Waals surface area contributed by atoms with Gasteiger partial charge in [-0.05, 0) is 6.92 Å². The molecular formula is C8H13F3O4. The van der Waals surface area contributed by atoms with Gasteiger partial charge in [0.15, 0.2) is 6.10 Å². The van der Waals surface area contributed by atoms with Gasteiger partial charge in [-0.3, -0.25) is 0 Å². The molecule has 0 bridgehead atoms. The van der Waals surface area contributed by atoms with E-state index in [9.17, 15) is 18.0 Å². The van der Waals surface area contributed by atoms with E-state index in [2.05, 4.69) is 14.2 Å². The predicted molar refractivity (Wildman–Crippen MR) is 44.3 cm³/mol. The average Bonchev–Trinajstić information content (AvgIpc) is 2.14. The fourth-order valence-electron chi connectivity index (χ4n) is 0.603. The zero-order valence-corrected chi connectivity index (χ0v) is 8.47. The second-order valence-corrected chi connectivity index (χ2v) is 2.71. The summed E-state index contributed by atoms with van der Waals surface area (Å²) in [5, 5.41) is 0. The zero-order chi connectivity index (χ0) is 11.9. The van der Waals surface area contributed by atoms with Crippen LogP contribution in [0.25, 0.3) is 0 Å². The zero-order valence-electron chi connectivity index (χ0n) is 8.47. The lowest BCUT2D eigenvalue weighted by Crippen LogP contribution is -2.24. The van der Waals surface area contributed by atoms with Crippen molar-refractivity contribution < 1.29 is 32.2 Å². The Balaban J connectivity index is 3.43. The lowest BCUT2D eigenvalue weighted by Gasteiger charge is -2.10. The summed E-state index contributed by atoms with van der Waals surface area (Å²) in [6, 6.07) is 0. The first kappa shape index (κ1) is 14.2. The number of carbonyl (C=O) groups excluding carboxylic acids is 1. The Morgan fingerprint density at radius 3 is 2.40 bits per heavy atom. The van der Waals surface area contributed by atoms with Crippen LogP contribution in [-0.2, 0) is 19.0 Å². The molecule has 0 aromatic heterocycles. The molecule has 0 aliphatic heterocycles. The molecule has 4 nitrogen and oxygen atoms in total. The monoisotopic (exact) mass is 230 g/mol. The van der Waals surface area contributed by atoms with Crippen molar-refractivity contribution in [2.45, 2.75) is 19.2 Å². The molecule has 0 saturated carbocycles. The van der Waals surface area contributed by atoms with Gasteiger partial charge >= 0.3 is 12.1 Å². The highest BCUT2D eigenvalue weighted by Crippen LogP contribution is 2.14. The summed E-state index contributed by atoms with van der Waals surface area (Å²) >= 11 is 0. The number of halogens is 3. The normalized spacial score (nSPS) is 13.7. The maximum atomic E-state index is 11.6.